The number of halogens is 1. The van der Waals surface area contributed by atoms with Crippen LogP contribution in [0.25, 0.3) is 0 Å². The van der Waals surface area contributed by atoms with Crippen LogP contribution >= 0.6 is 0 Å². The largest absolute Gasteiger partial charge is 0.488 e. The van der Waals surface area contributed by atoms with Gasteiger partial charge in [0.1, 0.15) is 6.61 Å². The lowest BCUT2D eigenvalue weighted by molar-refractivity contribution is 0.319. The quantitative estimate of drug-likeness (QED) is 0.646. The van der Waals surface area contributed by atoms with Crippen molar-refractivity contribution >= 4 is 0 Å². The van der Waals surface area contributed by atoms with Gasteiger partial charge < -0.3 is 10.5 Å². The summed E-state index contributed by atoms with van der Waals surface area (Å²) in [7, 11) is 0. The predicted octanol–water partition coefficient (Wildman–Crippen LogP) is 1.09. The first-order valence-corrected chi connectivity index (χ1v) is 3.85. The Morgan fingerprint density at radius 2 is 2.38 bits per heavy atom. The number of benzene rings is 1. The van der Waals surface area contributed by atoms with Gasteiger partial charge in [0, 0.05) is 5.56 Å². The molecule has 0 radical (unpaired) electrons. The van der Waals surface area contributed by atoms with Crippen molar-refractivity contribution in [1.82, 2.24) is 0 Å². The molecule has 13 heavy (non-hydrogen) atoms. The minimum absolute atomic E-state index is 0.131. The molecule has 0 saturated heterocycles. The van der Waals surface area contributed by atoms with Crippen LogP contribution in [0.15, 0.2) is 12.1 Å². The summed E-state index contributed by atoms with van der Waals surface area (Å²) in [5, 5.41) is 8.73. The molecule has 2 rings (SSSR count). The van der Waals surface area contributed by atoms with E-state index in [-0.39, 0.29) is 18.4 Å². The Labute approximate surface area is 74.5 Å². The van der Waals surface area contributed by atoms with Crippen LogP contribution in [0.4, 0.5) is 4.39 Å². The molecule has 4 heteroatoms. The van der Waals surface area contributed by atoms with Crippen molar-refractivity contribution in [2.45, 2.75) is 6.04 Å². The van der Waals surface area contributed by atoms with E-state index in [0.29, 0.717) is 11.1 Å². The van der Waals surface area contributed by atoms with Crippen molar-refractivity contribution in [2.24, 2.45) is 5.73 Å². The molecule has 3 nitrogen and oxygen atoms in total. The number of fused-ring (bicyclic) bond motifs is 1. The lowest BCUT2D eigenvalue weighted by Crippen LogP contribution is -2.11. The molecule has 1 aliphatic rings. The highest BCUT2D eigenvalue weighted by Crippen LogP contribution is 2.35. The summed E-state index contributed by atoms with van der Waals surface area (Å²) in [6.45, 7) is 0.241. The maximum Gasteiger partial charge on any atom is 0.165 e. The highest BCUT2D eigenvalue weighted by Gasteiger charge is 2.27. The second-order valence-electron chi connectivity index (χ2n) is 2.87. The molecule has 0 amide bonds. The Bertz CT molecular complexity index is 397. The van der Waals surface area contributed by atoms with Crippen molar-refractivity contribution in [3.8, 4) is 11.8 Å². The van der Waals surface area contributed by atoms with Gasteiger partial charge in [-0.05, 0) is 12.1 Å². The normalized spacial score (nSPS) is 19.0. The average molecular weight is 178 g/mol. The maximum absolute atomic E-state index is 13.1. The lowest BCUT2D eigenvalue weighted by atomic mass is 10.0. The zero-order valence-electron chi connectivity index (χ0n) is 6.75. The second kappa shape index (κ2) is 2.71. The van der Waals surface area contributed by atoms with Gasteiger partial charge in [0.05, 0.1) is 17.7 Å². The number of rotatable bonds is 0. The molecule has 1 unspecified atom stereocenters. The van der Waals surface area contributed by atoms with E-state index in [2.05, 4.69) is 0 Å². The number of nitriles is 1. The van der Waals surface area contributed by atoms with Crippen LogP contribution in [0, 0.1) is 17.1 Å². The number of nitrogens with zero attached hydrogens (tertiary/aromatic N) is 1. The first-order valence-electron chi connectivity index (χ1n) is 3.85. The smallest absolute Gasteiger partial charge is 0.165 e. The molecular formula is C9H7FN2O. The van der Waals surface area contributed by atoms with E-state index < -0.39 is 5.82 Å². The molecule has 1 aliphatic heterocycles. The molecule has 1 aromatic carbocycles. The summed E-state index contributed by atoms with van der Waals surface area (Å²) >= 11 is 0. The molecule has 0 aliphatic carbocycles. The Kier molecular flexibility index (Phi) is 1.67. The monoisotopic (exact) mass is 178 g/mol. The Hall–Kier alpha value is -1.60. The summed E-state index contributed by atoms with van der Waals surface area (Å²) in [5.41, 5.74) is 6.53. The first-order chi connectivity index (χ1) is 6.24. The third-order valence-electron chi connectivity index (χ3n) is 2.05. The van der Waals surface area contributed by atoms with Crippen molar-refractivity contribution < 1.29 is 9.13 Å². The molecule has 1 heterocycles. The minimum Gasteiger partial charge on any atom is -0.488 e. The van der Waals surface area contributed by atoms with Gasteiger partial charge in [-0.25, -0.2) is 4.39 Å². The number of ether oxygens (including phenoxy) is 1. The van der Waals surface area contributed by atoms with Crippen molar-refractivity contribution in [3.05, 3.63) is 29.1 Å². The molecule has 0 saturated carbocycles. The summed E-state index contributed by atoms with van der Waals surface area (Å²) in [6, 6.07) is 4.21. The maximum atomic E-state index is 13.1. The number of hydrogen-bond acceptors (Lipinski definition) is 3. The van der Waals surface area contributed by atoms with Crippen LogP contribution in [-0.2, 0) is 0 Å². The van der Waals surface area contributed by atoms with Crippen molar-refractivity contribution in [3.63, 3.8) is 0 Å². The van der Waals surface area contributed by atoms with Gasteiger partial charge >= 0.3 is 0 Å². The SMILES string of the molecule is N#Cc1ccc(F)c2c1C(N)CO2. The first kappa shape index (κ1) is 8.02. The zero-order chi connectivity index (χ0) is 9.42. The molecule has 0 spiro atoms. The summed E-state index contributed by atoms with van der Waals surface area (Å²) in [4.78, 5) is 0. The molecule has 2 N–H and O–H groups in total. The van der Waals surface area contributed by atoms with Crippen LogP contribution in [0.1, 0.15) is 17.2 Å². The Morgan fingerprint density at radius 1 is 1.62 bits per heavy atom. The van der Waals surface area contributed by atoms with E-state index in [9.17, 15) is 4.39 Å². The zero-order valence-corrected chi connectivity index (χ0v) is 6.75. The van der Waals surface area contributed by atoms with Gasteiger partial charge in [-0.2, -0.15) is 5.26 Å². The van der Waals surface area contributed by atoms with E-state index in [0.717, 1.165) is 0 Å². The second-order valence-corrected chi connectivity index (χ2v) is 2.87. The molecular weight excluding hydrogens is 171 g/mol. The van der Waals surface area contributed by atoms with E-state index >= 15 is 0 Å². The van der Waals surface area contributed by atoms with Gasteiger partial charge in [0.25, 0.3) is 0 Å². The molecule has 0 aromatic heterocycles. The fourth-order valence-electron chi connectivity index (χ4n) is 1.44. The van der Waals surface area contributed by atoms with Crippen LogP contribution in [0.3, 0.4) is 0 Å². The van der Waals surface area contributed by atoms with Gasteiger partial charge in [0.15, 0.2) is 11.6 Å². The van der Waals surface area contributed by atoms with E-state index in [1.54, 1.807) is 0 Å². The van der Waals surface area contributed by atoms with Crippen molar-refractivity contribution in [2.75, 3.05) is 6.61 Å². The fraction of sp³-hybridized carbons (Fsp3) is 0.222. The summed E-state index contributed by atoms with van der Waals surface area (Å²) in [5.74, 6) is -0.325. The van der Waals surface area contributed by atoms with Gasteiger partial charge in [-0.15, -0.1) is 0 Å². The minimum atomic E-state index is -0.457. The third kappa shape index (κ3) is 1.05. The van der Waals surface area contributed by atoms with Crippen LogP contribution in [0.5, 0.6) is 5.75 Å². The standard InChI is InChI=1S/C9H7FN2O/c10-6-2-1-5(3-11)8-7(12)4-13-9(6)8/h1-2,7H,4,12H2. The van der Waals surface area contributed by atoms with Crippen molar-refractivity contribution in [1.29, 1.82) is 5.26 Å². The van der Waals surface area contributed by atoms with E-state index in [1.165, 1.54) is 12.1 Å². The van der Waals surface area contributed by atoms with Crippen LogP contribution in [0.2, 0.25) is 0 Å². The Balaban J connectivity index is 2.68. The summed E-state index contributed by atoms with van der Waals surface area (Å²) in [6.07, 6.45) is 0. The van der Waals surface area contributed by atoms with E-state index in [4.69, 9.17) is 15.7 Å². The van der Waals surface area contributed by atoms with E-state index in [1.807, 2.05) is 6.07 Å². The number of nitrogens with two attached hydrogens (primary N) is 1. The lowest BCUT2D eigenvalue weighted by Gasteiger charge is -2.03. The van der Waals surface area contributed by atoms with Gasteiger partial charge in [-0.3, -0.25) is 0 Å². The van der Waals surface area contributed by atoms with Gasteiger partial charge in [-0.1, -0.05) is 0 Å². The molecule has 1 aromatic rings. The molecule has 0 bridgehead atoms. The van der Waals surface area contributed by atoms with Crippen LogP contribution in [-0.4, -0.2) is 6.61 Å². The average Bonchev–Trinajstić information content (AvgIpc) is 2.51. The Morgan fingerprint density at radius 3 is 3.08 bits per heavy atom. The highest BCUT2D eigenvalue weighted by atomic mass is 19.1. The third-order valence-corrected chi connectivity index (χ3v) is 2.05. The predicted molar refractivity (Wildman–Crippen MR) is 43.5 cm³/mol. The number of hydrogen-bond donors (Lipinski definition) is 1. The molecule has 1 atom stereocenters. The van der Waals surface area contributed by atoms with Gasteiger partial charge in [0.2, 0.25) is 0 Å². The fourth-order valence-corrected chi connectivity index (χ4v) is 1.44. The molecule has 66 valence electrons. The highest BCUT2D eigenvalue weighted by molar-refractivity contribution is 5.51. The topological polar surface area (TPSA) is 59.0 Å². The van der Waals surface area contributed by atoms with Crippen LogP contribution < -0.4 is 10.5 Å². The summed E-state index contributed by atoms with van der Waals surface area (Å²) < 4.78 is 18.1. The molecule has 0 fully saturated rings.